The van der Waals surface area contributed by atoms with Crippen LogP contribution in [0.5, 0.6) is 0 Å². The molecule has 0 aromatic heterocycles. The van der Waals surface area contributed by atoms with Crippen LogP contribution in [0, 0.1) is 6.57 Å². The van der Waals surface area contributed by atoms with Crippen LogP contribution < -0.4 is 5.73 Å². The average molecular weight is 126 g/mol. The monoisotopic (exact) mass is 126 g/mol. The van der Waals surface area contributed by atoms with E-state index in [1.807, 2.05) is 0 Å². The molecule has 2 nitrogen and oxygen atoms in total. The van der Waals surface area contributed by atoms with Crippen LogP contribution in [0.4, 0.5) is 0 Å². The number of rotatable bonds is 1. The standard InChI is InChI=1S/C5H6N2S/c1-3-4(7-2)5(6)8/h3H,1H3,(H2,6,8)/b4-3-. The van der Waals surface area contributed by atoms with E-state index in [2.05, 4.69) is 17.1 Å². The number of hydrogen-bond acceptors (Lipinski definition) is 1. The van der Waals surface area contributed by atoms with Gasteiger partial charge in [0, 0.05) is 0 Å². The SMILES string of the molecule is [C-]#[N+]/C(=C\C)C(N)=S. The number of nitrogens with zero attached hydrogens (tertiary/aromatic N) is 1. The van der Waals surface area contributed by atoms with Gasteiger partial charge in [-0.2, -0.15) is 0 Å². The third-order valence-electron chi connectivity index (χ3n) is 0.646. The molecule has 42 valence electrons. The Labute approximate surface area is 53.8 Å². The largest absolute Gasteiger partial charge is 0.399 e. The van der Waals surface area contributed by atoms with Crippen LogP contribution in [0.25, 0.3) is 4.85 Å². The van der Waals surface area contributed by atoms with Crippen LogP contribution in [-0.4, -0.2) is 4.99 Å². The Morgan fingerprint density at radius 2 is 2.38 bits per heavy atom. The van der Waals surface area contributed by atoms with Crippen molar-refractivity contribution in [3.8, 4) is 0 Å². The summed E-state index contributed by atoms with van der Waals surface area (Å²) in [7, 11) is 0. The molecular weight excluding hydrogens is 120 g/mol. The molecule has 0 rings (SSSR count). The van der Waals surface area contributed by atoms with Crippen LogP contribution in [0.1, 0.15) is 6.92 Å². The van der Waals surface area contributed by atoms with Gasteiger partial charge in [-0.25, -0.2) is 4.85 Å². The molecule has 0 heterocycles. The molecule has 0 spiro atoms. The predicted molar refractivity (Wildman–Crippen MR) is 37.1 cm³/mol. The molecule has 0 radical (unpaired) electrons. The minimum absolute atomic E-state index is 0.169. The van der Waals surface area contributed by atoms with Crippen LogP contribution in [0.3, 0.4) is 0 Å². The molecule has 0 aliphatic carbocycles. The van der Waals surface area contributed by atoms with Gasteiger partial charge in [0.15, 0.2) is 0 Å². The van der Waals surface area contributed by atoms with Gasteiger partial charge >= 0.3 is 0 Å². The van der Waals surface area contributed by atoms with E-state index < -0.39 is 0 Å². The molecule has 0 saturated heterocycles. The Kier molecular flexibility index (Phi) is 2.82. The molecule has 0 aromatic rings. The van der Waals surface area contributed by atoms with E-state index in [1.54, 1.807) is 13.0 Å². The predicted octanol–water partition coefficient (Wildman–Crippen LogP) is 1.10. The molecule has 0 amide bonds. The Morgan fingerprint density at radius 3 is 2.38 bits per heavy atom. The Morgan fingerprint density at radius 1 is 1.88 bits per heavy atom. The first kappa shape index (κ1) is 7.12. The van der Waals surface area contributed by atoms with Gasteiger partial charge in [0.25, 0.3) is 0 Å². The van der Waals surface area contributed by atoms with E-state index in [4.69, 9.17) is 12.3 Å². The third kappa shape index (κ3) is 1.71. The van der Waals surface area contributed by atoms with Crippen molar-refractivity contribution in [2.75, 3.05) is 0 Å². The van der Waals surface area contributed by atoms with Crippen LogP contribution in [0.15, 0.2) is 11.8 Å². The fraction of sp³-hybridized carbons (Fsp3) is 0.200. The summed E-state index contributed by atoms with van der Waals surface area (Å²) in [5.41, 5.74) is 5.47. The number of nitrogens with two attached hydrogens (primary N) is 1. The van der Waals surface area contributed by atoms with Gasteiger partial charge in [0.05, 0.1) is 6.57 Å². The van der Waals surface area contributed by atoms with Crippen molar-refractivity contribution >= 4 is 17.2 Å². The lowest BCUT2D eigenvalue weighted by atomic mass is 10.4. The molecule has 0 aromatic carbocycles. The fourth-order valence-electron chi connectivity index (χ4n) is 0.262. The van der Waals surface area contributed by atoms with Crippen molar-refractivity contribution in [2.24, 2.45) is 5.73 Å². The first-order valence-corrected chi connectivity index (χ1v) is 2.46. The smallest absolute Gasteiger partial charge is 0.216 e. The normalized spacial score (nSPS) is 10.2. The first-order valence-electron chi connectivity index (χ1n) is 2.06. The van der Waals surface area contributed by atoms with Crippen molar-refractivity contribution in [3.05, 3.63) is 23.2 Å². The average Bonchev–Trinajstić information content (AvgIpc) is 1.69. The van der Waals surface area contributed by atoms with Crippen molar-refractivity contribution in [3.63, 3.8) is 0 Å². The number of thiocarbonyl (C=S) groups is 1. The second-order valence-electron chi connectivity index (χ2n) is 1.15. The molecule has 0 aliphatic rings. The minimum atomic E-state index is 0.169. The van der Waals surface area contributed by atoms with E-state index in [0.29, 0.717) is 5.70 Å². The van der Waals surface area contributed by atoms with Crippen molar-refractivity contribution in [2.45, 2.75) is 6.92 Å². The molecule has 0 unspecified atom stereocenters. The zero-order chi connectivity index (χ0) is 6.57. The summed E-state index contributed by atoms with van der Waals surface area (Å²) in [5.74, 6) is 0. The maximum atomic E-state index is 6.48. The lowest BCUT2D eigenvalue weighted by molar-refractivity contribution is 1.62. The lowest BCUT2D eigenvalue weighted by Gasteiger charge is -1.87. The molecule has 0 aliphatic heterocycles. The summed E-state index contributed by atoms with van der Waals surface area (Å²) >= 11 is 4.51. The molecule has 8 heavy (non-hydrogen) atoms. The highest BCUT2D eigenvalue weighted by Crippen LogP contribution is 1.93. The van der Waals surface area contributed by atoms with Crippen LogP contribution in [0.2, 0.25) is 0 Å². The van der Waals surface area contributed by atoms with E-state index in [0.717, 1.165) is 0 Å². The van der Waals surface area contributed by atoms with E-state index in [-0.39, 0.29) is 4.99 Å². The highest BCUT2D eigenvalue weighted by atomic mass is 32.1. The van der Waals surface area contributed by atoms with Crippen molar-refractivity contribution in [1.29, 1.82) is 0 Å². The Balaban J connectivity index is 4.20. The highest BCUT2D eigenvalue weighted by molar-refractivity contribution is 7.80. The number of hydrogen-bond donors (Lipinski definition) is 1. The maximum absolute atomic E-state index is 6.48. The van der Waals surface area contributed by atoms with E-state index >= 15 is 0 Å². The minimum Gasteiger partial charge on any atom is -0.399 e. The van der Waals surface area contributed by atoms with Gasteiger partial charge < -0.3 is 5.73 Å². The second-order valence-corrected chi connectivity index (χ2v) is 1.59. The van der Waals surface area contributed by atoms with Gasteiger partial charge in [0.1, 0.15) is 4.99 Å². The van der Waals surface area contributed by atoms with Gasteiger partial charge in [-0.05, 0) is 0 Å². The van der Waals surface area contributed by atoms with Gasteiger partial charge in [0.2, 0.25) is 5.70 Å². The van der Waals surface area contributed by atoms with Gasteiger partial charge in [-0.1, -0.05) is 25.2 Å². The van der Waals surface area contributed by atoms with E-state index in [1.165, 1.54) is 0 Å². The topological polar surface area (TPSA) is 30.4 Å². The Hall–Kier alpha value is -0.880. The summed E-state index contributed by atoms with van der Waals surface area (Å²) in [5, 5.41) is 0. The summed E-state index contributed by atoms with van der Waals surface area (Å²) in [6, 6.07) is 0. The zero-order valence-corrected chi connectivity index (χ0v) is 5.33. The summed E-state index contributed by atoms with van der Waals surface area (Å²) in [4.78, 5) is 3.22. The van der Waals surface area contributed by atoms with E-state index in [9.17, 15) is 0 Å². The van der Waals surface area contributed by atoms with Gasteiger partial charge in [-0.3, -0.25) is 0 Å². The van der Waals surface area contributed by atoms with Crippen molar-refractivity contribution < 1.29 is 0 Å². The summed E-state index contributed by atoms with van der Waals surface area (Å²) in [6.07, 6.45) is 1.59. The highest BCUT2D eigenvalue weighted by Gasteiger charge is 1.93. The molecule has 0 saturated carbocycles. The summed E-state index contributed by atoms with van der Waals surface area (Å²) in [6.45, 7) is 8.21. The molecule has 0 bridgehead atoms. The summed E-state index contributed by atoms with van der Waals surface area (Å²) < 4.78 is 0. The Bertz CT molecular complexity index is 164. The van der Waals surface area contributed by atoms with Gasteiger partial charge in [-0.15, -0.1) is 0 Å². The molecule has 0 atom stereocenters. The van der Waals surface area contributed by atoms with Crippen molar-refractivity contribution in [1.82, 2.24) is 0 Å². The lowest BCUT2D eigenvalue weighted by Crippen LogP contribution is -2.07. The van der Waals surface area contributed by atoms with Crippen LogP contribution in [-0.2, 0) is 0 Å². The number of allylic oxidation sites excluding steroid dienone is 1. The van der Waals surface area contributed by atoms with Crippen LogP contribution >= 0.6 is 12.2 Å². The zero-order valence-electron chi connectivity index (χ0n) is 4.51. The first-order chi connectivity index (χ1) is 3.72. The maximum Gasteiger partial charge on any atom is 0.216 e. The molecule has 3 heteroatoms. The fourth-order valence-corrected chi connectivity index (χ4v) is 0.425. The molecular formula is C5H6N2S. The second kappa shape index (κ2) is 3.16. The third-order valence-corrected chi connectivity index (χ3v) is 0.855. The quantitative estimate of drug-likeness (QED) is 0.324. The molecule has 0 fully saturated rings. The molecule has 2 N–H and O–H groups in total.